The third-order valence-corrected chi connectivity index (χ3v) is 11.5. The highest BCUT2D eigenvalue weighted by Gasteiger charge is 2.48. The van der Waals surface area contributed by atoms with Crippen molar-refractivity contribution < 1.29 is 23.0 Å². The molecule has 3 atom stereocenters. The van der Waals surface area contributed by atoms with Crippen LogP contribution in [0.25, 0.3) is 32.1 Å². The van der Waals surface area contributed by atoms with Crippen molar-refractivity contribution in [3.8, 4) is 29.0 Å². The molecule has 3 saturated heterocycles. The normalized spacial score (nSPS) is 24.2. The second-order valence-electron chi connectivity index (χ2n) is 13.0. The Labute approximate surface area is 278 Å². The Morgan fingerprint density at radius 2 is 2.13 bits per heavy atom. The zero-order valence-corrected chi connectivity index (χ0v) is 27.2. The molecule has 2 aromatic carbocycles. The number of nitrogen functional groups attached to an aromatic ring is 1. The number of hydrogen-bond acceptors (Lipinski definition) is 10. The fraction of sp³-hybridized carbons (Fsp3) is 0.455. The van der Waals surface area contributed by atoms with Gasteiger partial charge in [-0.2, -0.15) is 15.2 Å². The first-order valence-electron chi connectivity index (χ1n) is 15.9. The number of anilines is 2. The summed E-state index contributed by atoms with van der Waals surface area (Å²) in [4.78, 5) is 27.0. The van der Waals surface area contributed by atoms with E-state index in [-0.39, 0.29) is 77.5 Å². The van der Waals surface area contributed by atoms with Gasteiger partial charge in [-0.05, 0) is 49.8 Å². The van der Waals surface area contributed by atoms with Gasteiger partial charge in [-0.1, -0.05) is 24.6 Å². The zero-order valence-electron chi connectivity index (χ0n) is 25.7. The van der Waals surface area contributed by atoms with E-state index in [1.54, 1.807) is 0 Å². The van der Waals surface area contributed by atoms with Crippen LogP contribution in [0.2, 0.25) is 5.02 Å². The first kappa shape index (κ1) is 30.4. The number of nitriles is 1. The minimum absolute atomic E-state index is 0.0166. The number of rotatable bonds is 4. The van der Waals surface area contributed by atoms with Gasteiger partial charge in [-0.15, -0.1) is 11.3 Å². The van der Waals surface area contributed by atoms with Crippen molar-refractivity contribution in [1.29, 1.82) is 5.26 Å². The van der Waals surface area contributed by atoms with E-state index < -0.39 is 17.7 Å². The Balaban J connectivity index is 1.37. The summed E-state index contributed by atoms with van der Waals surface area (Å²) in [5.74, 6) is -0.583. The molecule has 244 valence electrons. The number of carbonyl (C=O) groups excluding carboxylic acids is 1. The molecule has 0 spiro atoms. The fourth-order valence-electron chi connectivity index (χ4n) is 8.10. The summed E-state index contributed by atoms with van der Waals surface area (Å²) < 4.78 is 44.9. The molecule has 10 nitrogen and oxygen atoms in total. The summed E-state index contributed by atoms with van der Waals surface area (Å²) in [7, 11) is 0. The van der Waals surface area contributed by atoms with Gasteiger partial charge in [0.15, 0.2) is 11.6 Å². The molecular formula is C33H32ClF2N7O3S. The summed E-state index contributed by atoms with van der Waals surface area (Å²) in [5, 5.41) is 13.3. The molecule has 4 aliphatic rings. The quantitative estimate of drug-likeness (QED) is 0.282. The zero-order chi connectivity index (χ0) is 32.6. The van der Waals surface area contributed by atoms with Crippen molar-refractivity contribution in [3.63, 3.8) is 0 Å². The number of nitrogens with two attached hydrogens (primary N) is 1. The van der Waals surface area contributed by atoms with E-state index in [1.807, 2.05) is 11.0 Å². The van der Waals surface area contributed by atoms with Gasteiger partial charge in [0, 0.05) is 37.0 Å². The molecule has 4 aromatic rings. The molecule has 0 saturated carbocycles. The third-order valence-electron chi connectivity index (χ3n) is 10.1. The Bertz CT molecular complexity index is 2020. The van der Waals surface area contributed by atoms with Crippen LogP contribution in [0.1, 0.15) is 44.6 Å². The highest BCUT2D eigenvalue weighted by Crippen LogP contribution is 2.51. The predicted molar refractivity (Wildman–Crippen MR) is 176 cm³/mol. The number of halogens is 3. The van der Waals surface area contributed by atoms with Crippen LogP contribution in [0.4, 0.5) is 19.6 Å². The van der Waals surface area contributed by atoms with E-state index in [2.05, 4.69) is 22.1 Å². The lowest BCUT2D eigenvalue weighted by molar-refractivity contribution is -0.122. The van der Waals surface area contributed by atoms with Gasteiger partial charge in [-0.25, -0.2) is 8.78 Å². The molecule has 2 aromatic heterocycles. The molecule has 0 bridgehead atoms. The topological polar surface area (TPSA) is 130 Å². The van der Waals surface area contributed by atoms with Crippen LogP contribution in [-0.2, 0) is 4.79 Å². The molecular weight excluding hydrogens is 648 g/mol. The van der Waals surface area contributed by atoms with Crippen molar-refractivity contribution in [2.75, 3.05) is 50.0 Å². The minimum Gasteiger partial charge on any atom is -0.491 e. The molecule has 6 heterocycles. The maximum absolute atomic E-state index is 17.2. The molecule has 47 heavy (non-hydrogen) atoms. The van der Waals surface area contributed by atoms with Crippen molar-refractivity contribution in [2.45, 2.75) is 50.6 Å². The summed E-state index contributed by atoms with van der Waals surface area (Å²) in [6, 6.07) is 4.01. The lowest BCUT2D eigenvalue weighted by atomic mass is 9.92. The first-order chi connectivity index (χ1) is 22.7. The number of fused-ring (bicyclic) bond motifs is 4. The number of hydrogen-bond donors (Lipinski definition) is 2. The second-order valence-corrected chi connectivity index (χ2v) is 14.4. The molecule has 14 heteroatoms. The lowest BCUT2D eigenvalue weighted by Crippen LogP contribution is -2.46. The number of amides is 1. The second kappa shape index (κ2) is 11.3. The Morgan fingerprint density at radius 3 is 2.96 bits per heavy atom. The number of nitrogens with zero attached hydrogens (tertiary/aromatic N) is 5. The molecule has 0 radical (unpaired) electrons. The maximum Gasteiger partial charge on any atom is 0.319 e. The molecule has 4 aliphatic heterocycles. The van der Waals surface area contributed by atoms with E-state index in [0.29, 0.717) is 44.3 Å². The van der Waals surface area contributed by atoms with Gasteiger partial charge in [-0.3, -0.25) is 9.69 Å². The van der Waals surface area contributed by atoms with Gasteiger partial charge >= 0.3 is 6.01 Å². The molecule has 3 N–H and O–H groups in total. The summed E-state index contributed by atoms with van der Waals surface area (Å²) >= 11 is 7.95. The van der Waals surface area contributed by atoms with E-state index >= 15 is 4.39 Å². The average Bonchev–Trinajstić information content (AvgIpc) is 3.64. The van der Waals surface area contributed by atoms with Crippen molar-refractivity contribution >= 4 is 60.7 Å². The molecule has 3 fully saturated rings. The summed E-state index contributed by atoms with van der Waals surface area (Å²) in [6.45, 7) is 5.66. The average molecular weight is 680 g/mol. The Hall–Kier alpha value is -3.99. The van der Waals surface area contributed by atoms with E-state index in [0.717, 1.165) is 43.7 Å². The number of nitrogens with one attached hydrogen (secondary N) is 1. The maximum atomic E-state index is 17.2. The highest BCUT2D eigenvalue weighted by molar-refractivity contribution is 7.23. The SMILES string of the molecule is C[C@H]1CN2CCC[C@@]2(COc2nc3c4c(c(Cl)c(-c5ccc(F)c6sc(N)c(C#N)c56)c(F)c4n2)OCCC2C(=O)NCCCN32)C1. The van der Waals surface area contributed by atoms with Gasteiger partial charge < -0.3 is 25.4 Å². The van der Waals surface area contributed by atoms with Crippen LogP contribution in [-0.4, -0.2) is 71.7 Å². The monoisotopic (exact) mass is 679 g/mol. The number of benzene rings is 2. The van der Waals surface area contributed by atoms with Gasteiger partial charge in [0.25, 0.3) is 0 Å². The van der Waals surface area contributed by atoms with Crippen LogP contribution < -0.4 is 25.4 Å². The number of thiophene rings is 1. The van der Waals surface area contributed by atoms with Gasteiger partial charge in [0.05, 0.1) is 32.8 Å². The van der Waals surface area contributed by atoms with Crippen molar-refractivity contribution in [3.05, 3.63) is 34.4 Å². The number of carbonyl (C=O) groups is 1. The van der Waals surface area contributed by atoms with Gasteiger partial charge in [0.1, 0.15) is 40.9 Å². The van der Waals surface area contributed by atoms with Crippen LogP contribution in [0.5, 0.6) is 11.8 Å². The van der Waals surface area contributed by atoms with Crippen molar-refractivity contribution in [1.82, 2.24) is 20.2 Å². The third kappa shape index (κ3) is 4.67. The number of ether oxygens (including phenoxy) is 2. The summed E-state index contributed by atoms with van der Waals surface area (Å²) in [5.41, 5.74) is 5.99. The van der Waals surface area contributed by atoms with E-state index in [1.165, 1.54) is 12.1 Å². The van der Waals surface area contributed by atoms with Crippen molar-refractivity contribution in [2.24, 2.45) is 5.92 Å². The molecule has 8 rings (SSSR count). The minimum atomic E-state index is -0.807. The van der Waals surface area contributed by atoms with Crippen LogP contribution in [0.15, 0.2) is 12.1 Å². The standard InChI is InChI=1S/C33H32ClF2N7O3S/c1-16-12-33(7-2-9-42(33)14-16)15-46-32-40-26-23-27(45-11-6-20-31(44)39-8-3-10-43(20)30(23)41-32)24(34)22(25(26)36)17-4-5-19(35)28-21(17)18(13-37)29(38)47-28/h4-5,16,20H,2-3,6-12,14-15,38H2,1H3,(H,39,44)/t16-,20?,33+/m1/s1. The van der Waals surface area contributed by atoms with Gasteiger partial charge in [0.2, 0.25) is 5.91 Å². The van der Waals surface area contributed by atoms with Crippen LogP contribution in [0, 0.1) is 28.9 Å². The predicted octanol–water partition coefficient (Wildman–Crippen LogP) is 5.63. The largest absolute Gasteiger partial charge is 0.491 e. The first-order valence-corrected chi connectivity index (χ1v) is 17.1. The van der Waals surface area contributed by atoms with E-state index in [9.17, 15) is 14.4 Å². The number of aromatic nitrogens is 2. The lowest BCUT2D eigenvalue weighted by Gasteiger charge is -2.34. The Kier molecular flexibility index (Phi) is 7.31. The van der Waals surface area contributed by atoms with Crippen LogP contribution >= 0.6 is 22.9 Å². The highest BCUT2D eigenvalue weighted by atomic mass is 35.5. The smallest absolute Gasteiger partial charge is 0.319 e. The van der Waals surface area contributed by atoms with Crippen LogP contribution in [0.3, 0.4) is 0 Å². The fourth-order valence-corrected chi connectivity index (χ4v) is 9.38. The Morgan fingerprint density at radius 1 is 1.28 bits per heavy atom. The molecule has 1 amide bonds. The molecule has 0 aliphatic carbocycles. The van der Waals surface area contributed by atoms with E-state index in [4.69, 9.17) is 31.8 Å². The molecule has 1 unspecified atom stereocenters. The summed E-state index contributed by atoms with van der Waals surface area (Å²) in [6.07, 6.45) is 4.02.